The lowest BCUT2D eigenvalue weighted by molar-refractivity contribution is -0.117. The van der Waals surface area contributed by atoms with Crippen molar-refractivity contribution in [2.45, 2.75) is 85.8 Å². The number of aryl methyl sites for hydroxylation is 1. The molecule has 1 aromatic heterocycles. The molecule has 0 saturated carbocycles. The number of ketones is 1. The molecular weight excluding hydrogens is 440 g/mol. The van der Waals surface area contributed by atoms with Crippen LogP contribution in [0.3, 0.4) is 0 Å². The second-order valence-electron chi connectivity index (χ2n) is 7.76. The number of carbonyl (C=O) groups is 1. The highest BCUT2D eigenvalue weighted by Gasteiger charge is 2.17. The van der Waals surface area contributed by atoms with Crippen LogP contribution < -0.4 is 9.04 Å². The van der Waals surface area contributed by atoms with E-state index in [4.69, 9.17) is 4.74 Å². The van der Waals surface area contributed by atoms with Crippen molar-refractivity contribution in [3.8, 4) is 5.75 Å². The summed E-state index contributed by atoms with van der Waals surface area (Å²) in [5.74, 6) is 1.04. The van der Waals surface area contributed by atoms with Gasteiger partial charge in [-0.2, -0.15) is 0 Å². The molecule has 0 aliphatic heterocycles. The Labute approximate surface area is 199 Å². The zero-order valence-corrected chi connectivity index (χ0v) is 21.6. The van der Waals surface area contributed by atoms with Gasteiger partial charge >= 0.3 is 0 Å². The van der Waals surface area contributed by atoms with Crippen LogP contribution in [-0.2, 0) is 28.0 Å². The normalized spacial score (nSPS) is 10.9. The van der Waals surface area contributed by atoms with Crippen molar-refractivity contribution < 1.29 is 17.9 Å². The maximum Gasteiger partial charge on any atom is 0.234 e. The van der Waals surface area contributed by atoms with E-state index in [9.17, 15) is 13.2 Å². The maximum absolute atomic E-state index is 12.3. The van der Waals surface area contributed by atoms with Gasteiger partial charge in [-0.3, -0.25) is 8.99 Å². The van der Waals surface area contributed by atoms with Crippen LogP contribution in [0, 0.1) is 0 Å². The average molecular weight is 481 g/mol. The average Bonchev–Trinajstić information content (AvgIpc) is 3.27. The minimum atomic E-state index is -3.30. The maximum atomic E-state index is 12.3. The summed E-state index contributed by atoms with van der Waals surface area (Å²) in [4.78, 5) is 10.9. The fraction of sp³-hybridized carbons (Fsp3) is 0.625. The Hall–Kier alpha value is -2.42. The van der Waals surface area contributed by atoms with Crippen LogP contribution in [0.4, 0.5) is 5.69 Å². The molecule has 0 unspecified atom stereocenters. The Morgan fingerprint density at radius 1 is 1.06 bits per heavy atom. The van der Waals surface area contributed by atoms with Crippen molar-refractivity contribution in [2.75, 3.05) is 17.1 Å². The molecule has 0 radical (unpaired) electrons. The van der Waals surface area contributed by atoms with Gasteiger partial charge in [0.15, 0.2) is 0 Å². The van der Waals surface area contributed by atoms with Crippen LogP contribution in [0.25, 0.3) is 0 Å². The molecule has 0 bridgehead atoms. The second-order valence-corrected chi connectivity index (χ2v) is 9.88. The molecule has 0 N–H and O–H groups in total. The summed E-state index contributed by atoms with van der Waals surface area (Å²) in [6, 6.07) is 6.99. The smallest absolute Gasteiger partial charge is 0.234 e. The number of ether oxygens (including phenoxy) is 1. The molecular formula is C24H40N4O4S. The first-order chi connectivity index (χ1) is 15.8. The molecule has 1 heterocycles. The van der Waals surface area contributed by atoms with Gasteiger partial charge in [0, 0.05) is 20.0 Å². The van der Waals surface area contributed by atoms with Crippen molar-refractivity contribution in [3.05, 3.63) is 36.2 Å². The van der Waals surface area contributed by atoms with E-state index in [1.54, 1.807) is 38.2 Å². The summed E-state index contributed by atoms with van der Waals surface area (Å²) in [7, 11) is -1.73. The van der Waals surface area contributed by atoms with E-state index in [0.717, 1.165) is 44.3 Å². The van der Waals surface area contributed by atoms with Crippen LogP contribution in [0.5, 0.6) is 5.75 Å². The van der Waals surface area contributed by atoms with E-state index in [2.05, 4.69) is 10.3 Å². The molecule has 0 atom stereocenters. The van der Waals surface area contributed by atoms with Crippen molar-refractivity contribution in [1.82, 2.24) is 15.0 Å². The number of hydrogen-bond donors (Lipinski definition) is 0. The third-order valence-electron chi connectivity index (χ3n) is 5.01. The number of hydrogen-bond acceptors (Lipinski definition) is 6. The fourth-order valence-electron chi connectivity index (χ4n) is 3.05. The van der Waals surface area contributed by atoms with Crippen LogP contribution in [0.1, 0.15) is 78.3 Å². The van der Waals surface area contributed by atoms with Crippen LogP contribution >= 0.6 is 0 Å². The van der Waals surface area contributed by atoms with Crippen LogP contribution in [0.15, 0.2) is 30.5 Å². The lowest BCUT2D eigenvalue weighted by Crippen LogP contribution is -2.28. The second kappa shape index (κ2) is 15.4. The SMILES string of the molecule is CC.CCCCS(=O)(=O)N(C)c1ccc(OCc2cn(CCCCCCC(C)=O)nn2)cc1. The first-order valence-corrected chi connectivity index (χ1v) is 13.5. The van der Waals surface area contributed by atoms with Gasteiger partial charge in [0.25, 0.3) is 0 Å². The first kappa shape index (κ1) is 28.6. The standard InChI is InChI=1S/C22H34N4O4S.C2H6/c1-4-5-16-31(28,29)25(3)21-11-13-22(14-12-21)30-18-20-17-26(24-23-20)15-9-7-6-8-10-19(2)27;1-2/h11-14,17H,4-10,15-16,18H2,1-3H3;1-2H3. The van der Waals surface area contributed by atoms with Crippen molar-refractivity contribution >= 4 is 21.5 Å². The molecule has 33 heavy (non-hydrogen) atoms. The predicted octanol–water partition coefficient (Wildman–Crippen LogP) is 4.99. The molecule has 0 fully saturated rings. The Bertz CT molecular complexity index is 911. The van der Waals surface area contributed by atoms with E-state index in [-0.39, 0.29) is 11.5 Å². The molecule has 1 aromatic carbocycles. The molecule has 0 amide bonds. The lowest BCUT2D eigenvalue weighted by Gasteiger charge is -2.19. The number of sulfonamides is 1. The molecule has 0 aliphatic rings. The Kier molecular flexibility index (Phi) is 13.4. The number of unbranched alkanes of at least 4 members (excludes halogenated alkanes) is 4. The molecule has 9 heteroatoms. The largest absolute Gasteiger partial charge is 0.487 e. The van der Waals surface area contributed by atoms with E-state index >= 15 is 0 Å². The quantitative estimate of drug-likeness (QED) is 0.333. The Morgan fingerprint density at radius 3 is 2.36 bits per heavy atom. The monoisotopic (exact) mass is 480 g/mol. The van der Waals surface area contributed by atoms with E-state index in [1.165, 1.54) is 4.31 Å². The summed E-state index contributed by atoms with van der Waals surface area (Å²) < 4.78 is 33.5. The number of benzene rings is 1. The van der Waals surface area contributed by atoms with E-state index in [1.807, 2.05) is 31.6 Å². The van der Waals surface area contributed by atoms with E-state index in [0.29, 0.717) is 30.9 Å². The third kappa shape index (κ3) is 10.8. The highest BCUT2D eigenvalue weighted by molar-refractivity contribution is 7.92. The minimum absolute atomic E-state index is 0.145. The van der Waals surface area contributed by atoms with Gasteiger partial charge in [0.2, 0.25) is 10.0 Å². The fourth-order valence-corrected chi connectivity index (χ4v) is 4.42. The topological polar surface area (TPSA) is 94.4 Å². The van der Waals surface area contributed by atoms with Gasteiger partial charge in [0.1, 0.15) is 23.8 Å². The van der Waals surface area contributed by atoms with Gasteiger partial charge in [-0.15, -0.1) is 5.10 Å². The number of anilines is 1. The zero-order chi connectivity index (χ0) is 24.7. The number of Topliss-reactive ketones (excluding diaryl/α,β-unsaturated/α-hetero) is 1. The third-order valence-corrected chi connectivity index (χ3v) is 6.86. The van der Waals surface area contributed by atoms with Gasteiger partial charge in [-0.25, -0.2) is 8.42 Å². The summed E-state index contributed by atoms with van der Waals surface area (Å²) in [5, 5.41) is 8.25. The van der Waals surface area contributed by atoms with Crippen molar-refractivity contribution in [2.24, 2.45) is 0 Å². The molecule has 186 valence electrons. The summed E-state index contributed by atoms with van der Waals surface area (Å²) in [6.45, 7) is 8.69. The van der Waals surface area contributed by atoms with E-state index < -0.39 is 10.0 Å². The highest BCUT2D eigenvalue weighted by atomic mass is 32.2. The number of nitrogens with zero attached hydrogens (tertiary/aromatic N) is 4. The summed E-state index contributed by atoms with van der Waals surface area (Å²) in [5.41, 5.74) is 1.35. The number of rotatable bonds is 15. The van der Waals surface area contributed by atoms with Gasteiger partial charge in [-0.05, 0) is 50.5 Å². The van der Waals surface area contributed by atoms with Crippen molar-refractivity contribution in [1.29, 1.82) is 0 Å². The molecule has 0 aliphatic carbocycles. The number of aromatic nitrogens is 3. The summed E-state index contributed by atoms with van der Waals surface area (Å²) >= 11 is 0. The van der Waals surface area contributed by atoms with Crippen LogP contribution in [-0.4, -0.2) is 42.0 Å². The molecule has 0 saturated heterocycles. The lowest BCUT2D eigenvalue weighted by atomic mass is 10.1. The number of carbonyl (C=O) groups excluding carboxylic acids is 1. The van der Waals surface area contributed by atoms with Crippen LogP contribution in [0.2, 0.25) is 0 Å². The van der Waals surface area contributed by atoms with Gasteiger partial charge in [-0.1, -0.05) is 45.2 Å². The van der Waals surface area contributed by atoms with Gasteiger partial charge in [0.05, 0.1) is 17.6 Å². The molecule has 2 aromatic rings. The summed E-state index contributed by atoms with van der Waals surface area (Å²) in [6.07, 6.45) is 8.08. The van der Waals surface area contributed by atoms with Gasteiger partial charge < -0.3 is 9.53 Å². The Morgan fingerprint density at radius 2 is 1.73 bits per heavy atom. The minimum Gasteiger partial charge on any atom is -0.487 e. The first-order valence-electron chi connectivity index (χ1n) is 11.9. The highest BCUT2D eigenvalue weighted by Crippen LogP contribution is 2.22. The molecule has 0 spiro atoms. The van der Waals surface area contributed by atoms with Crippen molar-refractivity contribution in [3.63, 3.8) is 0 Å². The predicted molar refractivity (Wildman–Crippen MR) is 133 cm³/mol. The Balaban J connectivity index is 0.00000265. The molecule has 2 rings (SSSR count). The molecule has 8 nitrogen and oxygen atoms in total. The zero-order valence-electron chi connectivity index (χ0n) is 20.8.